The third-order valence-corrected chi connectivity index (χ3v) is 7.44. The molecule has 1 atom stereocenters. The van der Waals surface area contributed by atoms with E-state index in [9.17, 15) is 22.4 Å². The van der Waals surface area contributed by atoms with Gasteiger partial charge in [-0.25, -0.2) is 8.70 Å². The first-order chi connectivity index (χ1) is 16.4. The Hall–Kier alpha value is -2.98. The molecule has 0 saturated carbocycles. The van der Waals surface area contributed by atoms with Gasteiger partial charge >= 0.3 is 10.2 Å². The fourth-order valence-electron chi connectivity index (χ4n) is 3.45. The summed E-state index contributed by atoms with van der Waals surface area (Å²) in [5.74, 6) is -1.32. The van der Waals surface area contributed by atoms with Gasteiger partial charge < -0.3 is 10.2 Å². The van der Waals surface area contributed by atoms with Gasteiger partial charge in [-0.05, 0) is 62.1 Å². The van der Waals surface area contributed by atoms with E-state index in [0.29, 0.717) is 23.4 Å². The number of aryl methyl sites for hydroxylation is 2. The normalized spacial score (nSPS) is 12.3. The third-order valence-electron chi connectivity index (χ3n) is 5.63. The fraction of sp³-hybridized carbons (Fsp3) is 0.440. The number of carbonyl (C=O) groups is 2. The van der Waals surface area contributed by atoms with Crippen molar-refractivity contribution in [1.82, 2.24) is 14.5 Å². The van der Waals surface area contributed by atoms with Crippen molar-refractivity contribution < 1.29 is 22.4 Å². The van der Waals surface area contributed by atoms with Gasteiger partial charge in [-0.3, -0.25) is 9.59 Å². The van der Waals surface area contributed by atoms with Gasteiger partial charge in [0.05, 0.1) is 5.69 Å². The van der Waals surface area contributed by atoms with E-state index >= 15 is 0 Å². The second-order valence-corrected chi connectivity index (χ2v) is 10.8. The SMILES string of the molecule is CCCNC(=O)[C@@H](C)N(Cc1ccc(F)cc1)C(=O)CN(c1cc(C)ccc1C)S(=O)(=O)N(C)C. The van der Waals surface area contributed by atoms with Crippen LogP contribution in [0.5, 0.6) is 0 Å². The molecule has 0 fully saturated rings. The second kappa shape index (κ2) is 12.1. The van der Waals surface area contributed by atoms with Crippen molar-refractivity contribution in [3.05, 3.63) is 65.0 Å². The zero-order valence-corrected chi connectivity index (χ0v) is 22.0. The van der Waals surface area contributed by atoms with E-state index < -0.39 is 34.5 Å². The fourth-order valence-corrected chi connectivity index (χ4v) is 4.57. The highest BCUT2D eigenvalue weighted by atomic mass is 32.2. The maximum atomic E-state index is 13.6. The molecule has 35 heavy (non-hydrogen) atoms. The maximum absolute atomic E-state index is 13.6. The third kappa shape index (κ3) is 7.25. The lowest BCUT2D eigenvalue weighted by Crippen LogP contribution is -2.52. The summed E-state index contributed by atoms with van der Waals surface area (Å²) in [5, 5.41) is 2.78. The van der Waals surface area contributed by atoms with Gasteiger partial charge in [0.15, 0.2) is 0 Å². The van der Waals surface area contributed by atoms with Gasteiger partial charge in [0.25, 0.3) is 0 Å². The predicted molar refractivity (Wildman–Crippen MR) is 136 cm³/mol. The average molecular weight is 507 g/mol. The molecule has 0 radical (unpaired) electrons. The van der Waals surface area contributed by atoms with Crippen molar-refractivity contribution in [2.24, 2.45) is 0 Å². The number of anilines is 1. The molecular formula is C25H35FN4O4S. The predicted octanol–water partition coefficient (Wildman–Crippen LogP) is 3.00. The minimum atomic E-state index is -4.03. The van der Waals surface area contributed by atoms with Crippen LogP contribution in [0.3, 0.4) is 0 Å². The maximum Gasteiger partial charge on any atom is 0.304 e. The average Bonchev–Trinajstić information content (AvgIpc) is 2.81. The lowest BCUT2D eigenvalue weighted by Gasteiger charge is -2.33. The Balaban J connectivity index is 2.48. The molecule has 0 aliphatic carbocycles. The molecule has 0 heterocycles. The van der Waals surface area contributed by atoms with Crippen LogP contribution in [0.2, 0.25) is 0 Å². The molecule has 8 nitrogen and oxygen atoms in total. The van der Waals surface area contributed by atoms with Gasteiger partial charge in [-0.2, -0.15) is 12.7 Å². The Kier molecular flexibility index (Phi) is 9.79. The zero-order chi connectivity index (χ0) is 26.3. The van der Waals surface area contributed by atoms with Gasteiger partial charge in [0.1, 0.15) is 18.4 Å². The van der Waals surface area contributed by atoms with Gasteiger partial charge in [0, 0.05) is 27.2 Å². The molecule has 0 aromatic heterocycles. The Labute approximate surface area is 207 Å². The van der Waals surface area contributed by atoms with Crippen molar-refractivity contribution in [3.63, 3.8) is 0 Å². The highest BCUT2D eigenvalue weighted by Gasteiger charge is 2.33. The van der Waals surface area contributed by atoms with Crippen LogP contribution in [0.4, 0.5) is 10.1 Å². The summed E-state index contributed by atoms with van der Waals surface area (Å²) >= 11 is 0. The van der Waals surface area contributed by atoms with E-state index in [1.165, 1.54) is 43.3 Å². The molecule has 1 N–H and O–H groups in total. The quantitative estimate of drug-likeness (QED) is 0.507. The highest BCUT2D eigenvalue weighted by molar-refractivity contribution is 7.90. The number of amides is 2. The molecule has 2 amide bonds. The largest absolute Gasteiger partial charge is 0.354 e. The summed E-state index contributed by atoms with van der Waals surface area (Å²) in [6.45, 7) is 7.08. The molecule has 2 aromatic rings. The summed E-state index contributed by atoms with van der Waals surface area (Å²) in [5.41, 5.74) is 2.53. The highest BCUT2D eigenvalue weighted by Crippen LogP contribution is 2.26. The van der Waals surface area contributed by atoms with Gasteiger partial charge in [-0.1, -0.05) is 31.2 Å². The summed E-state index contributed by atoms with van der Waals surface area (Å²) in [6, 6.07) is 10.1. The lowest BCUT2D eigenvalue weighted by molar-refractivity contribution is -0.139. The van der Waals surface area contributed by atoms with E-state index in [4.69, 9.17) is 0 Å². The van der Waals surface area contributed by atoms with Gasteiger partial charge in [0.2, 0.25) is 11.8 Å². The van der Waals surface area contributed by atoms with Crippen molar-refractivity contribution in [1.29, 1.82) is 0 Å². The number of nitrogens with one attached hydrogen (secondary N) is 1. The van der Waals surface area contributed by atoms with Crippen LogP contribution < -0.4 is 9.62 Å². The van der Waals surface area contributed by atoms with Crippen LogP contribution in [0, 0.1) is 19.7 Å². The summed E-state index contributed by atoms with van der Waals surface area (Å²) < 4.78 is 42.0. The number of nitrogens with zero attached hydrogens (tertiary/aromatic N) is 3. The van der Waals surface area contributed by atoms with Crippen LogP contribution in [-0.2, 0) is 26.3 Å². The van der Waals surface area contributed by atoms with E-state index in [-0.39, 0.29) is 12.5 Å². The Morgan fingerprint density at radius 1 is 1.06 bits per heavy atom. The first-order valence-corrected chi connectivity index (χ1v) is 12.9. The van der Waals surface area contributed by atoms with Gasteiger partial charge in [-0.15, -0.1) is 0 Å². The lowest BCUT2D eigenvalue weighted by atomic mass is 10.1. The first kappa shape index (κ1) is 28.3. The monoisotopic (exact) mass is 506 g/mol. The molecule has 0 unspecified atom stereocenters. The van der Waals surface area contributed by atoms with Crippen LogP contribution in [0.25, 0.3) is 0 Å². The Morgan fingerprint density at radius 2 is 1.69 bits per heavy atom. The van der Waals surface area contributed by atoms with E-state index in [1.807, 2.05) is 19.9 Å². The summed E-state index contributed by atoms with van der Waals surface area (Å²) in [6.07, 6.45) is 0.728. The van der Waals surface area contributed by atoms with E-state index in [0.717, 1.165) is 20.6 Å². The number of hydrogen-bond donors (Lipinski definition) is 1. The second-order valence-electron chi connectivity index (χ2n) is 8.70. The van der Waals surface area contributed by atoms with Crippen molar-refractivity contribution >= 4 is 27.7 Å². The number of hydrogen-bond acceptors (Lipinski definition) is 4. The van der Waals surface area contributed by atoms with Crippen LogP contribution >= 0.6 is 0 Å². The molecule has 192 valence electrons. The first-order valence-electron chi connectivity index (χ1n) is 11.5. The van der Waals surface area contributed by atoms with Crippen molar-refractivity contribution in [2.75, 3.05) is 31.5 Å². The number of carbonyl (C=O) groups excluding carboxylic acids is 2. The molecule has 10 heteroatoms. The van der Waals surface area contributed by atoms with Crippen molar-refractivity contribution in [3.8, 4) is 0 Å². The van der Waals surface area contributed by atoms with Crippen LogP contribution in [0.1, 0.15) is 37.0 Å². The van der Waals surface area contributed by atoms with Crippen LogP contribution in [-0.4, -0.2) is 62.7 Å². The number of benzene rings is 2. The number of rotatable bonds is 11. The smallest absolute Gasteiger partial charge is 0.304 e. The standard InChI is InChI=1S/C25H35FN4O4S/c1-7-14-27-25(32)20(4)29(16-21-10-12-22(26)13-11-21)24(31)17-30(35(33,34)28(5)6)23-15-18(2)8-9-19(23)3/h8-13,15,20H,7,14,16-17H2,1-6H3,(H,27,32)/t20-/m1/s1. The molecule has 0 saturated heterocycles. The molecule has 0 aliphatic heterocycles. The molecule has 0 bridgehead atoms. The molecule has 2 aromatic carbocycles. The van der Waals surface area contributed by atoms with E-state index in [2.05, 4.69) is 5.32 Å². The van der Waals surface area contributed by atoms with E-state index in [1.54, 1.807) is 26.0 Å². The topological polar surface area (TPSA) is 90.0 Å². The number of halogens is 1. The molecule has 2 rings (SSSR count). The summed E-state index contributed by atoms with van der Waals surface area (Å²) in [7, 11) is -1.23. The minimum absolute atomic E-state index is 0.0163. The molecular weight excluding hydrogens is 471 g/mol. The zero-order valence-electron chi connectivity index (χ0n) is 21.2. The Morgan fingerprint density at radius 3 is 2.26 bits per heavy atom. The minimum Gasteiger partial charge on any atom is -0.354 e. The Bertz CT molecular complexity index is 1140. The molecule has 0 aliphatic rings. The van der Waals surface area contributed by atoms with Crippen LogP contribution in [0.15, 0.2) is 42.5 Å². The summed E-state index contributed by atoms with van der Waals surface area (Å²) in [4.78, 5) is 27.7. The van der Waals surface area contributed by atoms with Crippen molar-refractivity contribution in [2.45, 2.75) is 46.7 Å². The molecule has 0 spiro atoms.